The topological polar surface area (TPSA) is 41.6 Å². The fourth-order valence-electron chi connectivity index (χ4n) is 4.08. The van der Waals surface area contributed by atoms with Crippen LogP contribution < -0.4 is 15.0 Å². The van der Waals surface area contributed by atoms with Gasteiger partial charge >= 0.3 is 0 Å². The third kappa shape index (κ3) is 3.45. The van der Waals surface area contributed by atoms with Crippen molar-refractivity contribution in [2.24, 2.45) is 5.92 Å². The van der Waals surface area contributed by atoms with Gasteiger partial charge < -0.3 is 15.0 Å². The lowest BCUT2D eigenvalue weighted by atomic mass is 9.83. The van der Waals surface area contributed by atoms with E-state index in [-0.39, 0.29) is 17.4 Å². The molecule has 2 heterocycles. The van der Waals surface area contributed by atoms with Crippen molar-refractivity contribution in [2.45, 2.75) is 32.3 Å². The molecule has 0 aromatic heterocycles. The summed E-state index contributed by atoms with van der Waals surface area (Å²) in [6.45, 7) is 5.78. The zero-order valence-corrected chi connectivity index (χ0v) is 16.9. The first-order valence-corrected chi connectivity index (χ1v) is 10.1. The van der Waals surface area contributed by atoms with Crippen LogP contribution in [0.25, 0.3) is 5.57 Å². The van der Waals surface area contributed by atoms with Crippen molar-refractivity contribution in [3.05, 3.63) is 65.7 Å². The first-order chi connectivity index (χ1) is 13.5. The van der Waals surface area contributed by atoms with Gasteiger partial charge in [-0.1, -0.05) is 44.2 Å². The summed E-state index contributed by atoms with van der Waals surface area (Å²) in [6, 6.07) is 16.6. The number of nitrogens with zero attached hydrogens (tertiary/aromatic N) is 1. The molecule has 1 spiro atoms. The summed E-state index contributed by atoms with van der Waals surface area (Å²) in [7, 11) is 1.84. The maximum atomic E-state index is 12.3. The van der Waals surface area contributed by atoms with Gasteiger partial charge in [0.15, 0.2) is 0 Å². The Balaban J connectivity index is 1.71. The van der Waals surface area contributed by atoms with E-state index in [1.54, 1.807) is 4.90 Å². The fourth-order valence-corrected chi connectivity index (χ4v) is 4.08. The largest absolute Gasteiger partial charge is 0.482 e. The predicted molar refractivity (Wildman–Crippen MR) is 114 cm³/mol. The van der Waals surface area contributed by atoms with Crippen LogP contribution in [0.15, 0.2) is 54.6 Å². The van der Waals surface area contributed by atoms with Gasteiger partial charge in [0.25, 0.3) is 0 Å². The quantitative estimate of drug-likeness (QED) is 0.871. The number of fused-ring (bicyclic) bond motifs is 1. The van der Waals surface area contributed by atoms with Gasteiger partial charge in [-0.05, 0) is 48.5 Å². The van der Waals surface area contributed by atoms with Crippen LogP contribution in [0.4, 0.5) is 5.69 Å². The number of carbonyl (C=O) groups excluding carboxylic acids is 1. The highest BCUT2D eigenvalue weighted by Gasteiger charge is 2.36. The van der Waals surface area contributed by atoms with E-state index in [0.717, 1.165) is 48.5 Å². The lowest BCUT2D eigenvalue weighted by Gasteiger charge is -2.40. The Morgan fingerprint density at radius 1 is 1.07 bits per heavy atom. The summed E-state index contributed by atoms with van der Waals surface area (Å²) < 4.78 is 6.46. The second-order valence-electron chi connectivity index (χ2n) is 8.07. The number of para-hydroxylation sites is 1. The number of carbonyl (C=O) groups is 1. The third-order valence-corrected chi connectivity index (χ3v) is 5.74. The number of hydrogen-bond acceptors (Lipinski definition) is 3. The maximum Gasteiger partial charge on any atom is 0.229 e. The molecule has 146 valence electrons. The molecular formula is C24H28N2O2. The second kappa shape index (κ2) is 7.44. The Morgan fingerprint density at radius 3 is 2.43 bits per heavy atom. The van der Waals surface area contributed by atoms with E-state index in [2.05, 4.69) is 41.7 Å². The molecule has 1 saturated heterocycles. The maximum absolute atomic E-state index is 12.3. The lowest BCUT2D eigenvalue weighted by molar-refractivity contribution is -0.121. The minimum Gasteiger partial charge on any atom is -0.482 e. The van der Waals surface area contributed by atoms with Crippen LogP contribution in [0, 0.1) is 5.92 Å². The van der Waals surface area contributed by atoms with E-state index in [4.69, 9.17) is 4.74 Å². The van der Waals surface area contributed by atoms with Crippen LogP contribution in [0.2, 0.25) is 0 Å². The normalized spacial score (nSPS) is 17.6. The molecule has 4 nitrogen and oxygen atoms in total. The molecule has 4 heteroatoms. The first-order valence-electron chi connectivity index (χ1n) is 10.1. The monoisotopic (exact) mass is 376 g/mol. The van der Waals surface area contributed by atoms with Crippen LogP contribution in [0.5, 0.6) is 5.75 Å². The molecule has 0 unspecified atom stereocenters. The molecular weight excluding hydrogens is 348 g/mol. The predicted octanol–water partition coefficient (Wildman–Crippen LogP) is 4.25. The molecule has 0 radical (unpaired) electrons. The zero-order chi connectivity index (χ0) is 19.7. The smallest absolute Gasteiger partial charge is 0.229 e. The third-order valence-electron chi connectivity index (χ3n) is 5.74. The van der Waals surface area contributed by atoms with Crippen molar-refractivity contribution in [1.29, 1.82) is 0 Å². The van der Waals surface area contributed by atoms with Crippen molar-refractivity contribution in [2.75, 3.05) is 25.0 Å². The number of amides is 1. The van der Waals surface area contributed by atoms with E-state index in [1.165, 1.54) is 5.57 Å². The van der Waals surface area contributed by atoms with Gasteiger partial charge in [-0.3, -0.25) is 4.79 Å². The molecule has 2 aromatic carbocycles. The molecule has 0 bridgehead atoms. The summed E-state index contributed by atoms with van der Waals surface area (Å²) in [4.78, 5) is 14.0. The summed E-state index contributed by atoms with van der Waals surface area (Å²) >= 11 is 0. The van der Waals surface area contributed by atoms with Gasteiger partial charge in [0, 0.05) is 37.1 Å². The van der Waals surface area contributed by atoms with E-state index < -0.39 is 0 Å². The van der Waals surface area contributed by atoms with Crippen molar-refractivity contribution in [3.63, 3.8) is 0 Å². The lowest BCUT2D eigenvalue weighted by Crippen LogP contribution is -2.46. The highest BCUT2D eigenvalue weighted by atomic mass is 16.5. The van der Waals surface area contributed by atoms with Gasteiger partial charge in [-0.25, -0.2) is 0 Å². The van der Waals surface area contributed by atoms with Crippen LogP contribution in [0.1, 0.15) is 37.8 Å². The average molecular weight is 377 g/mol. The Bertz CT molecular complexity index is 893. The summed E-state index contributed by atoms with van der Waals surface area (Å²) in [6.07, 6.45) is 4.25. The molecule has 2 aliphatic heterocycles. The summed E-state index contributed by atoms with van der Waals surface area (Å²) in [5.41, 5.74) is 4.18. The SMILES string of the molecule is CC(C)C(=O)N(C)c1ccc(C2=CC3(CCNCC3)Oc3ccccc32)cc1. The highest BCUT2D eigenvalue weighted by Crippen LogP contribution is 2.42. The molecule has 0 aliphatic carbocycles. The van der Waals surface area contributed by atoms with Crippen LogP contribution in [-0.4, -0.2) is 31.6 Å². The number of anilines is 1. The highest BCUT2D eigenvalue weighted by molar-refractivity contribution is 5.94. The molecule has 1 fully saturated rings. The minimum absolute atomic E-state index is 0.0190. The molecule has 0 atom stereocenters. The van der Waals surface area contributed by atoms with E-state index in [0.29, 0.717) is 0 Å². The van der Waals surface area contributed by atoms with Crippen molar-refractivity contribution in [1.82, 2.24) is 5.32 Å². The zero-order valence-electron chi connectivity index (χ0n) is 16.9. The molecule has 28 heavy (non-hydrogen) atoms. The molecule has 2 aromatic rings. The number of piperidine rings is 1. The number of ether oxygens (including phenoxy) is 1. The van der Waals surface area contributed by atoms with Crippen LogP contribution in [0.3, 0.4) is 0 Å². The first kappa shape index (κ1) is 18.8. The van der Waals surface area contributed by atoms with Gasteiger partial charge in [-0.15, -0.1) is 0 Å². The van der Waals surface area contributed by atoms with Crippen molar-refractivity contribution in [3.8, 4) is 5.75 Å². The number of benzene rings is 2. The summed E-state index contributed by atoms with van der Waals surface area (Å²) in [5.74, 6) is 1.06. The Hall–Kier alpha value is -2.59. The summed E-state index contributed by atoms with van der Waals surface area (Å²) in [5, 5.41) is 3.43. The van der Waals surface area contributed by atoms with E-state index >= 15 is 0 Å². The van der Waals surface area contributed by atoms with Crippen LogP contribution in [-0.2, 0) is 4.79 Å². The molecule has 1 amide bonds. The van der Waals surface area contributed by atoms with E-state index in [9.17, 15) is 4.79 Å². The number of hydrogen-bond donors (Lipinski definition) is 1. The minimum atomic E-state index is -0.238. The van der Waals surface area contributed by atoms with Gasteiger partial charge in [0.05, 0.1) is 0 Å². The Labute approximate surface area is 167 Å². The standard InChI is InChI=1S/C24H28N2O2/c1-17(2)23(27)26(3)19-10-8-18(9-11-19)21-16-24(12-14-25-15-13-24)28-22-7-5-4-6-20(21)22/h4-11,16-17,25H,12-15H2,1-3H3. The number of nitrogens with one attached hydrogen (secondary N) is 1. The fraction of sp³-hybridized carbons (Fsp3) is 0.375. The van der Waals surface area contributed by atoms with Crippen molar-refractivity contribution < 1.29 is 9.53 Å². The average Bonchev–Trinajstić information content (AvgIpc) is 2.72. The van der Waals surface area contributed by atoms with Gasteiger partial charge in [0.2, 0.25) is 5.91 Å². The van der Waals surface area contributed by atoms with Gasteiger partial charge in [-0.2, -0.15) is 0 Å². The molecule has 1 N–H and O–H groups in total. The van der Waals surface area contributed by atoms with Gasteiger partial charge in [0.1, 0.15) is 11.4 Å². The molecule has 4 rings (SSSR count). The van der Waals surface area contributed by atoms with E-state index in [1.807, 2.05) is 39.1 Å². The van der Waals surface area contributed by atoms with Crippen molar-refractivity contribution >= 4 is 17.2 Å². The second-order valence-corrected chi connectivity index (χ2v) is 8.07. The Morgan fingerprint density at radius 2 is 1.75 bits per heavy atom. The molecule has 0 saturated carbocycles. The number of rotatable bonds is 3. The molecule has 2 aliphatic rings. The Kier molecular flexibility index (Phi) is 4.98. The van der Waals surface area contributed by atoms with Crippen LogP contribution >= 0.6 is 0 Å².